The van der Waals surface area contributed by atoms with Crippen molar-refractivity contribution in [1.82, 2.24) is 19.5 Å². The zero-order valence-corrected chi connectivity index (χ0v) is 20.6. The van der Waals surface area contributed by atoms with Crippen LogP contribution in [0.15, 0.2) is 6.33 Å². The number of rotatable bonds is 6. The lowest BCUT2D eigenvalue weighted by Crippen LogP contribution is -2.42. The normalized spacial score (nSPS) is 37.1. The smallest absolute Gasteiger partial charge is 0.226 e. The molecule has 5 aliphatic rings. The minimum Gasteiger partial charge on any atom is -0.365 e. The quantitative estimate of drug-likeness (QED) is 0.443. The molecule has 5 atom stereocenters. The number of aromatic nitrogens is 4. The lowest BCUT2D eigenvalue weighted by molar-refractivity contribution is -0.160. The van der Waals surface area contributed by atoms with Crippen molar-refractivity contribution in [2.75, 3.05) is 11.2 Å². The Hall–Kier alpha value is -1.15. The van der Waals surface area contributed by atoms with Crippen molar-refractivity contribution >= 4 is 40.2 Å². The molecule has 0 unspecified atom stereocenters. The summed E-state index contributed by atoms with van der Waals surface area (Å²) in [4.78, 5) is 14.0. The minimum atomic E-state index is -0.616. The van der Waals surface area contributed by atoms with E-state index in [4.69, 9.17) is 37.7 Å². The minimum absolute atomic E-state index is 0.00558. The van der Waals surface area contributed by atoms with E-state index in [0.29, 0.717) is 17.8 Å². The van der Waals surface area contributed by atoms with E-state index in [9.17, 15) is 0 Å². The number of hydrogen-bond acceptors (Lipinski definition) is 6. The van der Waals surface area contributed by atoms with Gasteiger partial charge in [-0.05, 0) is 75.3 Å². The van der Waals surface area contributed by atoms with Crippen LogP contribution in [-0.2, 0) is 9.47 Å². The monoisotopic (exact) mass is 491 g/mol. The molecule has 1 saturated heterocycles. The SMILES string of the molecule is CC1(C)O[C@H]2[C@H](n3cnc4c(NC(C5CCC5)C5CCC5)nc(Cl)nc43)[C@H]3C[C@@]3(CCl)[C@H]2O1. The molecule has 0 radical (unpaired) electrons. The van der Waals surface area contributed by atoms with Gasteiger partial charge in [0.25, 0.3) is 0 Å². The van der Waals surface area contributed by atoms with Gasteiger partial charge in [0.2, 0.25) is 5.28 Å². The Balaban J connectivity index is 1.26. The van der Waals surface area contributed by atoms with Crippen LogP contribution < -0.4 is 5.32 Å². The van der Waals surface area contributed by atoms with E-state index >= 15 is 0 Å². The van der Waals surface area contributed by atoms with Crippen molar-refractivity contribution in [3.05, 3.63) is 11.6 Å². The first-order valence-electron chi connectivity index (χ1n) is 12.5. The molecule has 33 heavy (non-hydrogen) atoms. The molecule has 0 aromatic carbocycles. The van der Waals surface area contributed by atoms with E-state index in [0.717, 1.165) is 35.2 Å². The van der Waals surface area contributed by atoms with E-state index in [1.807, 2.05) is 20.2 Å². The van der Waals surface area contributed by atoms with Crippen molar-refractivity contribution in [3.63, 3.8) is 0 Å². The Labute approximate surface area is 203 Å². The molecular weight excluding hydrogens is 461 g/mol. The van der Waals surface area contributed by atoms with Crippen molar-refractivity contribution in [1.29, 1.82) is 0 Å². The third kappa shape index (κ3) is 3.04. The number of imidazole rings is 1. The topological polar surface area (TPSA) is 74.1 Å². The van der Waals surface area contributed by atoms with Crippen molar-refractivity contribution in [3.8, 4) is 0 Å². The molecule has 4 aliphatic carbocycles. The van der Waals surface area contributed by atoms with Gasteiger partial charge in [-0.15, -0.1) is 11.6 Å². The van der Waals surface area contributed by atoms with E-state index < -0.39 is 5.79 Å². The lowest BCUT2D eigenvalue weighted by Gasteiger charge is -2.43. The molecule has 9 heteroatoms. The van der Waals surface area contributed by atoms with Gasteiger partial charge >= 0.3 is 0 Å². The maximum absolute atomic E-state index is 6.48. The van der Waals surface area contributed by atoms with Gasteiger partial charge < -0.3 is 19.4 Å². The number of nitrogens with zero attached hydrogens (tertiary/aromatic N) is 4. The molecule has 1 N–H and O–H groups in total. The molecule has 178 valence electrons. The van der Waals surface area contributed by atoms with Crippen LogP contribution in [0.3, 0.4) is 0 Å². The fourth-order valence-corrected chi connectivity index (χ4v) is 7.64. The molecule has 1 aliphatic heterocycles. The van der Waals surface area contributed by atoms with Crippen LogP contribution in [0, 0.1) is 23.2 Å². The van der Waals surface area contributed by atoms with Gasteiger partial charge in [-0.25, -0.2) is 4.98 Å². The maximum Gasteiger partial charge on any atom is 0.226 e. The maximum atomic E-state index is 6.48. The van der Waals surface area contributed by atoms with Crippen LogP contribution in [0.5, 0.6) is 0 Å². The van der Waals surface area contributed by atoms with E-state index in [1.165, 1.54) is 38.5 Å². The summed E-state index contributed by atoms with van der Waals surface area (Å²) < 4.78 is 14.9. The Bertz CT molecular complexity index is 1090. The molecule has 2 aromatic rings. The van der Waals surface area contributed by atoms with Gasteiger partial charge in [0, 0.05) is 17.3 Å². The van der Waals surface area contributed by atoms with E-state index in [2.05, 4.69) is 19.9 Å². The summed E-state index contributed by atoms with van der Waals surface area (Å²) in [7, 11) is 0. The molecule has 7 nitrogen and oxygen atoms in total. The molecule has 0 spiro atoms. The Morgan fingerprint density at radius 3 is 2.52 bits per heavy atom. The largest absolute Gasteiger partial charge is 0.365 e. The van der Waals surface area contributed by atoms with Gasteiger partial charge in [0.15, 0.2) is 22.8 Å². The second-order valence-electron chi connectivity index (χ2n) is 11.4. The number of nitrogens with one attached hydrogen (secondary N) is 1. The van der Waals surface area contributed by atoms with Gasteiger partial charge in [0.1, 0.15) is 6.10 Å². The molecule has 2 aromatic heterocycles. The van der Waals surface area contributed by atoms with Gasteiger partial charge in [0.05, 0.1) is 18.5 Å². The summed E-state index contributed by atoms with van der Waals surface area (Å²) in [6.07, 6.45) is 10.7. The van der Waals surface area contributed by atoms with Crippen molar-refractivity contribution < 1.29 is 9.47 Å². The van der Waals surface area contributed by atoms with Crippen molar-refractivity contribution in [2.24, 2.45) is 23.2 Å². The summed E-state index contributed by atoms with van der Waals surface area (Å²) in [5.41, 5.74) is 1.54. The third-order valence-corrected chi connectivity index (χ3v) is 9.87. The number of anilines is 1. The molecule has 7 rings (SSSR count). The highest BCUT2D eigenvalue weighted by molar-refractivity contribution is 6.28. The first-order chi connectivity index (χ1) is 15.9. The molecule has 3 heterocycles. The Kier molecular flexibility index (Phi) is 4.61. The van der Waals surface area contributed by atoms with E-state index in [1.54, 1.807) is 0 Å². The molecule has 4 saturated carbocycles. The molecule has 5 fully saturated rings. The molecule has 0 amide bonds. The Morgan fingerprint density at radius 2 is 1.88 bits per heavy atom. The average Bonchev–Trinajstić information content (AvgIpc) is 2.97. The van der Waals surface area contributed by atoms with Crippen LogP contribution in [0.1, 0.15) is 64.8 Å². The summed E-state index contributed by atoms with van der Waals surface area (Å²) in [5, 5.41) is 4.04. The summed E-state index contributed by atoms with van der Waals surface area (Å²) in [5.74, 6) is 2.56. The number of hydrogen-bond donors (Lipinski definition) is 1. The van der Waals surface area contributed by atoms with Crippen molar-refractivity contribution in [2.45, 2.75) is 88.9 Å². The number of alkyl halides is 1. The van der Waals surface area contributed by atoms with E-state index in [-0.39, 0.29) is 28.9 Å². The second kappa shape index (κ2) is 7.19. The highest BCUT2D eigenvalue weighted by Crippen LogP contribution is 2.72. The lowest BCUT2D eigenvalue weighted by atomic mass is 9.68. The number of fused-ring (bicyclic) bond motifs is 4. The van der Waals surface area contributed by atoms with Crippen LogP contribution in [0.25, 0.3) is 11.2 Å². The fourth-order valence-electron chi connectivity index (χ4n) is 7.02. The van der Waals surface area contributed by atoms with Crippen LogP contribution in [0.2, 0.25) is 5.28 Å². The zero-order chi connectivity index (χ0) is 22.5. The molecule has 0 bridgehead atoms. The fraction of sp³-hybridized carbons (Fsp3) is 0.792. The standard InChI is InChI=1S/C24H31Cl2N5O2/c1-23(2)32-18-17(14-9-24(14,10-25)19(18)33-23)31-11-27-16-20(29-22(26)30-21(16)31)28-15(12-5-3-6-12)13-7-4-8-13/h11-15,17-19H,3-10H2,1-2H3,(H,28,29,30)/t14-,17-,18+,19+,24+/m1/s1. The van der Waals surface area contributed by atoms with Gasteiger partial charge in [-0.1, -0.05) is 12.8 Å². The predicted molar refractivity (Wildman–Crippen MR) is 127 cm³/mol. The highest BCUT2D eigenvalue weighted by Gasteiger charge is 2.75. The van der Waals surface area contributed by atoms with Gasteiger partial charge in [-0.2, -0.15) is 9.97 Å². The summed E-state index contributed by atoms with van der Waals surface area (Å²) in [6.45, 7) is 3.96. The first kappa shape index (κ1) is 21.2. The van der Waals surface area contributed by atoms with Crippen LogP contribution in [0.4, 0.5) is 5.82 Å². The number of halogens is 2. The van der Waals surface area contributed by atoms with Crippen LogP contribution in [-0.4, -0.2) is 49.4 Å². The van der Waals surface area contributed by atoms with Gasteiger partial charge in [-0.3, -0.25) is 0 Å². The second-order valence-corrected chi connectivity index (χ2v) is 12.0. The number of ether oxygens (including phenoxy) is 2. The predicted octanol–water partition coefficient (Wildman–Crippen LogP) is 5.18. The van der Waals surface area contributed by atoms with Crippen LogP contribution >= 0.6 is 23.2 Å². The zero-order valence-electron chi connectivity index (χ0n) is 19.1. The third-order valence-electron chi connectivity index (χ3n) is 9.21. The first-order valence-corrected chi connectivity index (χ1v) is 13.4. The summed E-state index contributed by atoms with van der Waals surface area (Å²) >= 11 is 13.0. The highest BCUT2D eigenvalue weighted by atomic mass is 35.5. The molecular formula is C24H31Cl2N5O2. The Morgan fingerprint density at radius 1 is 1.15 bits per heavy atom. The average molecular weight is 492 g/mol. The summed E-state index contributed by atoms with van der Waals surface area (Å²) in [6, 6.07) is 0.524.